The highest BCUT2D eigenvalue weighted by Gasteiger charge is 2.18. The summed E-state index contributed by atoms with van der Waals surface area (Å²) in [5.41, 5.74) is 0.613. The lowest BCUT2D eigenvalue weighted by molar-refractivity contribution is 0.0508. The van der Waals surface area contributed by atoms with Crippen molar-refractivity contribution in [3.63, 3.8) is 0 Å². The highest BCUT2D eigenvalue weighted by atomic mass is 79.9. The van der Waals surface area contributed by atoms with Crippen molar-refractivity contribution in [3.8, 4) is 0 Å². The van der Waals surface area contributed by atoms with Crippen molar-refractivity contribution in [2.45, 2.75) is 39.3 Å². The molecular formula is C11H16BrNO2S. The number of halogens is 1. The second-order valence-electron chi connectivity index (χ2n) is 4.55. The van der Waals surface area contributed by atoms with Crippen LogP contribution in [0, 0.1) is 0 Å². The summed E-state index contributed by atoms with van der Waals surface area (Å²) in [5, 5.41) is 4.80. The lowest BCUT2D eigenvalue weighted by Gasteiger charge is -2.21. The zero-order valence-electron chi connectivity index (χ0n) is 9.83. The Bertz CT molecular complexity index is 370. The topological polar surface area (TPSA) is 38.3 Å². The largest absolute Gasteiger partial charge is 0.444 e. The van der Waals surface area contributed by atoms with Gasteiger partial charge >= 0.3 is 6.09 Å². The summed E-state index contributed by atoms with van der Waals surface area (Å²) >= 11 is 4.99. The molecule has 0 fully saturated rings. The number of amides is 1. The third-order valence-corrected chi connectivity index (χ3v) is 3.34. The Labute approximate surface area is 108 Å². The predicted octanol–water partition coefficient (Wildman–Crippen LogP) is 4.10. The van der Waals surface area contributed by atoms with Gasteiger partial charge in [-0.25, -0.2) is 4.79 Å². The van der Waals surface area contributed by atoms with Crippen LogP contribution < -0.4 is 5.32 Å². The fourth-order valence-electron chi connectivity index (χ4n) is 1.12. The molecule has 0 unspecified atom stereocenters. The van der Waals surface area contributed by atoms with Crippen LogP contribution in [0.1, 0.15) is 39.3 Å². The molecule has 1 amide bonds. The molecule has 0 bridgehead atoms. The minimum atomic E-state index is -0.459. The van der Waals surface area contributed by atoms with Crippen LogP contribution in [0.5, 0.6) is 0 Å². The fraction of sp³-hybridized carbons (Fsp3) is 0.545. The maximum absolute atomic E-state index is 11.5. The smallest absolute Gasteiger partial charge is 0.408 e. The molecule has 0 saturated carbocycles. The van der Waals surface area contributed by atoms with Crippen LogP contribution in [0.25, 0.3) is 0 Å². The number of carbonyl (C=O) groups is 1. The third kappa shape index (κ3) is 4.53. The molecule has 0 aliphatic rings. The van der Waals surface area contributed by atoms with Gasteiger partial charge in [-0.1, -0.05) is 0 Å². The van der Waals surface area contributed by atoms with Crippen LogP contribution in [0.2, 0.25) is 0 Å². The number of hydrogen-bond acceptors (Lipinski definition) is 3. The quantitative estimate of drug-likeness (QED) is 0.893. The molecule has 1 rings (SSSR count). The van der Waals surface area contributed by atoms with Gasteiger partial charge in [-0.05, 0) is 60.6 Å². The Morgan fingerprint density at radius 3 is 2.62 bits per heavy atom. The molecule has 0 spiro atoms. The van der Waals surface area contributed by atoms with Gasteiger partial charge in [0.25, 0.3) is 0 Å². The molecule has 90 valence electrons. The van der Waals surface area contributed by atoms with Crippen molar-refractivity contribution in [3.05, 3.63) is 20.8 Å². The summed E-state index contributed by atoms with van der Waals surface area (Å²) in [7, 11) is 0. The summed E-state index contributed by atoms with van der Waals surface area (Å²) in [6, 6.07) is 1.95. The van der Waals surface area contributed by atoms with E-state index in [1.807, 2.05) is 39.1 Å². The van der Waals surface area contributed by atoms with Crippen LogP contribution in [0.15, 0.2) is 15.2 Å². The molecule has 3 nitrogen and oxygen atoms in total. The zero-order valence-corrected chi connectivity index (χ0v) is 12.2. The molecule has 0 aliphatic heterocycles. The predicted molar refractivity (Wildman–Crippen MR) is 69.8 cm³/mol. The minimum Gasteiger partial charge on any atom is -0.444 e. The molecule has 0 aliphatic carbocycles. The Hall–Kier alpha value is -0.550. The van der Waals surface area contributed by atoms with E-state index in [1.165, 1.54) is 0 Å². The van der Waals surface area contributed by atoms with Gasteiger partial charge in [0.1, 0.15) is 5.60 Å². The molecule has 5 heteroatoms. The van der Waals surface area contributed by atoms with E-state index in [4.69, 9.17) is 4.74 Å². The van der Waals surface area contributed by atoms with Gasteiger partial charge in [-0.3, -0.25) is 0 Å². The normalized spacial score (nSPS) is 13.3. The highest BCUT2D eigenvalue weighted by molar-refractivity contribution is 9.11. The molecule has 1 aromatic rings. The van der Waals surface area contributed by atoms with E-state index >= 15 is 0 Å². The van der Waals surface area contributed by atoms with Gasteiger partial charge < -0.3 is 10.1 Å². The van der Waals surface area contributed by atoms with E-state index in [2.05, 4.69) is 21.2 Å². The summed E-state index contributed by atoms with van der Waals surface area (Å²) in [6.45, 7) is 7.47. The maximum atomic E-state index is 11.5. The number of rotatable bonds is 2. The summed E-state index contributed by atoms with van der Waals surface area (Å²) in [6.07, 6.45) is -0.387. The van der Waals surface area contributed by atoms with Crippen molar-refractivity contribution in [1.29, 1.82) is 0 Å². The van der Waals surface area contributed by atoms with Crippen molar-refractivity contribution in [2.75, 3.05) is 0 Å². The van der Waals surface area contributed by atoms with Gasteiger partial charge in [-0.2, -0.15) is 0 Å². The molecule has 0 saturated heterocycles. The van der Waals surface area contributed by atoms with Gasteiger partial charge in [0.15, 0.2) is 0 Å². The van der Waals surface area contributed by atoms with Crippen molar-refractivity contribution in [2.24, 2.45) is 0 Å². The lowest BCUT2D eigenvalue weighted by atomic mass is 10.2. The third-order valence-electron chi connectivity index (χ3n) is 1.82. The van der Waals surface area contributed by atoms with Crippen molar-refractivity contribution < 1.29 is 9.53 Å². The Balaban J connectivity index is 2.52. The Morgan fingerprint density at radius 2 is 2.19 bits per heavy atom. The average Bonchev–Trinajstić information content (AvgIpc) is 2.47. The van der Waals surface area contributed by atoms with Crippen LogP contribution in [-0.2, 0) is 4.74 Å². The number of nitrogens with one attached hydrogen (secondary N) is 1. The van der Waals surface area contributed by atoms with Gasteiger partial charge in [0, 0.05) is 0 Å². The van der Waals surface area contributed by atoms with Crippen LogP contribution in [-0.4, -0.2) is 11.7 Å². The summed E-state index contributed by atoms with van der Waals surface area (Å²) in [5.74, 6) is 0. The van der Waals surface area contributed by atoms with E-state index in [0.29, 0.717) is 0 Å². The van der Waals surface area contributed by atoms with Gasteiger partial charge in [0.2, 0.25) is 0 Å². The van der Waals surface area contributed by atoms with Crippen LogP contribution >= 0.6 is 27.3 Å². The number of thiophene rings is 1. The summed E-state index contributed by atoms with van der Waals surface area (Å²) in [4.78, 5) is 11.5. The van der Waals surface area contributed by atoms with E-state index < -0.39 is 5.60 Å². The van der Waals surface area contributed by atoms with Gasteiger partial charge in [0.05, 0.1) is 9.83 Å². The number of carbonyl (C=O) groups excluding carboxylic acids is 1. The Kier molecular flexibility index (Phi) is 4.38. The molecule has 0 aromatic carbocycles. The molecule has 1 aromatic heterocycles. The molecule has 16 heavy (non-hydrogen) atoms. The molecular weight excluding hydrogens is 290 g/mol. The van der Waals surface area contributed by atoms with E-state index in [9.17, 15) is 4.79 Å². The second-order valence-corrected chi connectivity index (χ2v) is 6.84. The molecule has 0 radical (unpaired) electrons. The number of alkyl carbamates (subject to hydrolysis) is 1. The van der Waals surface area contributed by atoms with E-state index in [1.54, 1.807) is 11.3 Å². The van der Waals surface area contributed by atoms with E-state index in [0.717, 1.165) is 9.35 Å². The minimum absolute atomic E-state index is 0.0441. The number of hydrogen-bond donors (Lipinski definition) is 1. The second kappa shape index (κ2) is 5.19. The monoisotopic (exact) mass is 305 g/mol. The van der Waals surface area contributed by atoms with Crippen molar-refractivity contribution in [1.82, 2.24) is 5.32 Å². The number of ether oxygens (including phenoxy) is 1. The van der Waals surface area contributed by atoms with Gasteiger partial charge in [-0.15, -0.1) is 11.3 Å². The van der Waals surface area contributed by atoms with E-state index in [-0.39, 0.29) is 12.1 Å². The first-order chi connectivity index (χ1) is 7.28. The Morgan fingerprint density at radius 1 is 1.56 bits per heavy atom. The molecule has 1 atom stereocenters. The highest BCUT2D eigenvalue weighted by Crippen LogP contribution is 2.25. The summed E-state index contributed by atoms with van der Waals surface area (Å²) < 4.78 is 6.23. The standard InChI is InChI=1S/C11H16BrNO2S/c1-7(8-5-9(12)16-6-8)13-10(14)15-11(2,3)4/h5-7H,1-4H3,(H,13,14)/t7-/m0/s1. The van der Waals surface area contributed by atoms with Crippen LogP contribution in [0.4, 0.5) is 4.79 Å². The SMILES string of the molecule is C[C@H](NC(=O)OC(C)(C)C)c1csc(Br)c1. The zero-order chi connectivity index (χ0) is 12.3. The van der Waals surface area contributed by atoms with Crippen LogP contribution in [0.3, 0.4) is 0 Å². The first-order valence-electron chi connectivity index (χ1n) is 5.01. The lowest BCUT2D eigenvalue weighted by Crippen LogP contribution is -2.33. The van der Waals surface area contributed by atoms with Crippen molar-refractivity contribution >= 4 is 33.4 Å². The molecule has 1 heterocycles. The first-order valence-corrected chi connectivity index (χ1v) is 6.68. The maximum Gasteiger partial charge on any atom is 0.408 e. The molecule has 1 N–H and O–H groups in total. The first kappa shape index (κ1) is 13.5. The fourth-order valence-corrected chi connectivity index (χ4v) is 2.39. The average molecular weight is 306 g/mol.